The lowest BCUT2D eigenvalue weighted by atomic mass is 10.2. The van der Waals surface area contributed by atoms with E-state index >= 15 is 0 Å². The van der Waals surface area contributed by atoms with Gasteiger partial charge in [0, 0.05) is 0 Å². The van der Waals surface area contributed by atoms with E-state index in [2.05, 4.69) is 16.6 Å². The third-order valence-corrected chi connectivity index (χ3v) is 3.38. The summed E-state index contributed by atoms with van der Waals surface area (Å²) >= 11 is 0. The van der Waals surface area contributed by atoms with Gasteiger partial charge in [0.25, 0.3) is 0 Å². The highest BCUT2D eigenvalue weighted by Gasteiger charge is 2.27. The maximum Gasteiger partial charge on any atom is 0.247 e. The Morgan fingerprint density at radius 1 is 0.952 bits per heavy atom. The van der Waals surface area contributed by atoms with Crippen molar-refractivity contribution in [1.82, 2.24) is 5.43 Å². The molecule has 0 aliphatic carbocycles. The van der Waals surface area contributed by atoms with Gasteiger partial charge in [-0.05, 0) is 37.1 Å². The number of hydrazine groups is 2. The monoisotopic (exact) mass is 277 g/mol. The van der Waals surface area contributed by atoms with Crippen molar-refractivity contribution >= 4 is 17.2 Å². The summed E-state index contributed by atoms with van der Waals surface area (Å²) in [6.45, 7) is 4.04. The minimum absolute atomic E-state index is 0.265. The van der Waals surface area contributed by atoms with Crippen LogP contribution in [0.3, 0.4) is 0 Å². The average molecular weight is 277 g/mol. The number of hydrogen-bond acceptors (Lipinski definition) is 5. The van der Waals surface area contributed by atoms with Gasteiger partial charge in [-0.1, -0.05) is 36.4 Å². The quantitative estimate of drug-likeness (QED) is 0.917. The topological polar surface area (TPSA) is 54.7 Å². The molecule has 1 aliphatic rings. The Kier molecular flexibility index (Phi) is 3.20. The SMILES string of the molecule is Cc1ccccc1N1N=C(C#N)NN1c1ccccc1C. The summed E-state index contributed by atoms with van der Waals surface area (Å²) in [7, 11) is 0. The molecule has 104 valence electrons. The highest BCUT2D eigenvalue weighted by Crippen LogP contribution is 2.28. The number of aryl methyl sites for hydroxylation is 2. The van der Waals surface area contributed by atoms with E-state index in [-0.39, 0.29) is 5.84 Å². The van der Waals surface area contributed by atoms with E-state index in [1.165, 1.54) is 0 Å². The molecular formula is C16H15N5. The van der Waals surface area contributed by atoms with Gasteiger partial charge in [-0.3, -0.25) is 5.43 Å². The van der Waals surface area contributed by atoms with Crippen molar-refractivity contribution < 1.29 is 0 Å². The molecule has 0 amide bonds. The fourth-order valence-electron chi connectivity index (χ4n) is 2.27. The largest absolute Gasteiger partial charge is 0.250 e. The first kappa shape index (κ1) is 13.0. The number of para-hydroxylation sites is 2. The Bertz CT molecular complexity index is 744. The summed E-state index contributed by atoms with van der Waals surface area (Å²) in [4.78, 5) is 0. The van der Waals surface area contributed by atoms with Crippen LogP contribution in [-0.2, 0) is 0 Å². The number of nitrogens with one attached hydrogen (secondary N) is 1. The van der Waals surface area contributed by atoms with Gasteiger partial charge in [-0.2, -0.15) is 10.4 Å². The summed E-state index contributed by atoms with van der Waals surface area (Å²) in [5.74, 6) is 0.265. The van der Waals surface area contributed by atoms with Crippen LogP contribution in [-0.4, -0.2) is 5.84 Å². The first-order valence-electron chi connectivity index (χ1n) is 6.67. The van der Waals surface area contributed by atoms with Crippen LogP contribution in [0, 0.1) is 25.2 Å². The molecule has 0 bridgehead atoms. The molecule has 0 saturated carbocycles. The van der Waals surface area contributed by atoms with Crippen molar-refractivity contribution in [3.05, 3.63) is 59.7 Å². The number of hydrogen-bond donors (Lipinski definition) is 1. The van der Waals surface area contributed by atoms with Gasteiger partial charge in [0.05, 0.1) is 11.4 Å². The Morgan fingerprint density at radius 3 is 2.10 bits per heavy atom. The van der Waals surface area contributed by atoms with E-state index in [0.717, 1.165) is 22.5 Å². The van der Waals surface area contributed by atoms with Gasteiger partial charge in [0.2, 0.25) is 5.84 Å². The number of hydrazone groups is 1. The van der Waals surface area contributed by atoms with Crippen molar-refractivity contribution in [1.29, 1.82) is 5.26 Å². The lowest BCUT2D eigenvalue weighted by Crippen LogP contribution is -2.45. The molecule has 0 radical (unpaired) electrons. The normalized spacial score (nSPS) is 13.7. The fourth-order valence-corrected chi connectivity index (χ4v) is 2.27. The first-order chi connectivity index (χ1) is 10.2. The second-order valence-electron chi connectivity index (χ2n) is 4.85. The summed E-state index contributed by atoms with van der Waals surface area (Å²) in [5, 5.41) is 17.0. The third-order valence-electron chi connectivity index (χ3n) is 3.38. The zero-order valence-electron chi connectivity index (χ0n) is 11.9. The van der Waals surface area contributed by atoms with Crippen LogP contribution >= 0.6 is 0 Å². The Hall–Kier alpha value is -3.00. The molecule has 2 aromatic carbocycles. The predicted molar refractivity (Wildman–Crippen MR) is 83.5 cm³/mol. The van der Waals surface area contributed by atoms with Crippen LogP contribution in [0.1, 0.15) is 11.1 Å². The van der Waals surface area contributed by atoms with E-state index in [4.69, 9.17) is 5.26 Å². The molecule has 0 unspecified atom stereocenters. The van der Waals surface area contributed by atoms with Crippen molar-refractivity contribution in [3.63, 3.8) is 0 Å². The maximum atomic E-state index is 9.14. The van der Waals surface area contributed by atoms with Crippen LogP contribution in [0.25, 0.3) is 0 Å². The van der Waals surface area contributed by atoms with Crippen molar-refractivity contribution in [2.24, 2.45) is 5.10 Å². The molecule has 0 saturated heterocycles. The van der Waals surface area contributed by atoms with E-state index in [9.17, 15) is 0 Å². The molecule has 3 rings (SSSR count). The Morgan fingerprint density at radius 2 is 1.52 bits per heavy atom. The van der Waals surface area contributed by atoms with E-state index < -0.39 is 0 Å². The number of rotatable bonds is 2. The minimum atomic E-state index is 0.265. The van der Waals surface area contributed by atoms with Gasteiger partial charge >= 0.3 is 0 Å². The number of benzene rings is 2. The molecular weight excluding hydrogens is 262 g/mol. The Balaban J connectivity index is 2.08. The summed E-state index contributed by atoms with van der Waals surface area (Å²) < 4.78 is 0. The number of nitriles is 1. The molecule has 1 N–H and O–H groups in total. The average Bonchev–Trinajstić information content (AvgIpc) is 2.92. The first-order valence-corrected chi connectivity index (χ1v) is 6.67. The fraction of sp³-hybridized carbons (Fsp3) is 0.125. The second kappa shape index (κ2) is 5.17. The highest BCUT2D eigenvalue weighted by atomic mass is 15.9. The number of anilines is 2. The van der Waals surface area contributed by atoms with Crippen molar-refractivity contribution in [3.8, 4) is 6.07 Å². The zero-order chi connectivity index (χ0) is 14.8. The highest BCUT2D eigenvalue weighted by molar-refractivity contribution is 6.00. The van der Waals surface area contributed by atoms with E-state index in [1.807, 2.05) is 62.4 Å². The smallest absolute Gasteiger partial charge is 0.247 e. The van der Waals surface area contributed by atoms with Crippen LogP contribution in [0.15, 0.2) is 53.6 Å². The van der Waals surface area contributed by atoms with Gasteiger partial charge < -0.3 is 0 Å². The van der Waals surface area contributed by atoms with Crippen LogP contribution < -0.4 is 15.7 Å². The molecule has 21 heavy (non-hydrogen) atoms. The standard InChI is InChI=1S/C16H15N5/c1-12-7-3-5-9-14(12)20-18-16(11-17)19-21(20)15-10-6-4-8-13(15)2/h3-10H,1-2H3,(H,18,19). The lowest BCUT2D eigenvalue weighted by Gasteiger charge is -2.29. The van der Waals surface area contributed by atoms with Crippen LogP contribution in [0.4, 0.5) is 11.4 Å². The zero-order valence-corrected chi connectivity index (χ0v) is 11.9. The van der Waals surface area contributed by atoms with Crippen LogP contribution in [0.5, 0.6) is 0 Å². The van der Waals surface area contributed by atoms with Crippen molar-refractivity contribution in [2.45, 2.75) is 13.8 Å². The van der Waals surface area contributed by atoms with Gasteiger partial charge in [-0.25, -0.2) is 0 Å². The molecule has 1 aliphatic heterocycles. The summed E-state index contributed by atoms with van der Waals surface area (Å²) in [6.07, 6.45) is 0. The summed E-state index contributed by atoms with van der Waals surface area (Å²) in [5.41, 5.74) is 7.08. The lowest BCUT2D eigenvalue weighted by molar-refractivity contribution is 0.765. The Labute approximate surface area is 123 Å². The molecule has 0 spiro atoms. The van der Waals surface area contributed by atoms with E-state index in [1.54, 1.807) is 10.2 Å². The minimum Gasteiger partial charge on any atom is -0.250 e. The third kappa shape index (κ3) is 2.28. The number of amidine groups is 1. The predicted octanol–water partition coefficient (Wildman–Crippen LogP) is 2.89. The molecule has 0 atom stereocenters. The molecule has 5 heteroatoms. The van der Waals surface area contributed by atoms with E-state index in [0.29, 0.717) is 0 Å². The second-order valence-corrected chi connectivity index (χ2v) is 4.85. The summed E-state index contributed by atoms with van der Waals surface area (Å²) in [6, 6.07) is 18.0. The molecule has 2 aromatic rings. The van der Waals surface area contributed by atoms with Crippen molar-refractivity contribution in [2.75, 3.05) is 10.2 Å². The van der Waals surface area contributed by atoms with Gasteiger partial charge in [-0.15, -0.1) is 10.2 Å². The van der Waals surface area contributed by atoms with Gasteiger partial charge in [0.1, 0.15) is 6.07 Å². The van der Waals surface area contributed by atoms with Gasteiger partial charge in [0.15, 0.2) is 0 Å². The molecule has 0 fully saturated rings. The van der Waals surface area contributed by atoms with Crippen LogP contribution in [0.2, 0.25) is 0 Å². The molecule has 1 heterocycles. The number of nitrogens with zero attached hydrogens (tertiary/aromatic N) is 4. The maximum absolute atomic E-state index is 9.14. The molecule has 5 nitrogen and oxygen atoms in total. The molecule has 0 aromatic heterocycles.